The van der Waals surface area contributed by atoms with Gasteiger partial charge < -0.3 is 25.0 Å². The molecular weight excluding hydrogens is 265 g/mol. The molecule has 1 aliphatic rings. The summed E-state index contributed by atoms with van der Waals surface area (Å²) in [6, 6.07) is 13.6. The number of ether oxygens (including phenoxy) is 1. The van der Waals surface area contributed by atoms with Crippen molar-refractivity contribution in [2.45, 2.75) is 0 Å². The van der Waals surface area contributed by atoms with Crippen LogP contribution in [0.15, 0.2) is 48.5 Å². The lowest BCUT2D eigenvalue weighted by molar-refractivity contribution is -0.256. The van der Waals surface area contributed by atoms with E-state index in [1.807, 2.05) is 6.07 Å². The maximum atomic E-state index is 11.2. The fourth-order valence-electron chi connectivity index (χ4n) is 1.60. The molecule has 3 rings (SSSR count). The van der Waals surface area contributed by atoms with Gasteiger partial charge in [-0.25, -0.2) is 0 Å². The Morgan fingerprint density at radius 3 is 2.37 bits per heavy atom. The minimum Gasteiger partial charge on any atom is -0.794 e. The number of quaternary nitrogens is 1. The van der Waals surface area contributed by atoms with Crippen molar-refractivity contribution in [3.05, 3.63) is 48.5 Å². The average Bonchev–Trinajstić information content (AvgIpc) is 2.71. The molecule has 100 valence electrons. The normalized spacial score (nSPS) is 19.9. The monoisotopic (exact) mass is 279 g/mol. The molecule has 0 aromatic heterocycles. The third kappa shape index (κ3) is 3.15. The van der Waals surface area contributed by atoms with Gasteiger partial charge in [-0.05, 0) is 18.2 Å². The van der Waals surface area contributed by atoms with Gasteiger partial charge in [-0.3, -0.25) is 0 Å². The number of hydrogen-bond donors (Lipinski definition) is 2. The van der Waals surface area contributed by atoms with Crippen molar-refractivity contribution >= 4 is 18.4 Å². The number of aromatic hydroxyl groups is 1. The van der Waals surface area contributed by atoms with Gasteiger partial charge in [0, 0.05) is 11.4 Å². The molecule has 2 aromatic carbocycles. The summed E-state index contributed by atoms with van der Waals surface area (Å²) in [6.45, 7) is 0. The zero-order valence-electron chi connectivity index (χ0n) is 10.2. The van der Waals surface area contributed by atoms with Crippen LogP contribution in [0.3, 0.4) is 0 Å². The molecule has 4 N–H and O–H groups in total. The Bertz CT molecular complexity index is 609. The van der Waals surface area contributed by atoms with E-state index in [-0.39, 0.29) is 12.1 Å². The fraction of sp³-hybridized carbons (Fsp3) is 0.0769. The van der Waals surface area contributed by atoms with Crippen molar-refractivity contribution in [1.82, 2.24) is 0 Å². The van der Waals surface area contributed by atoms with Crippen LogP contribution >= 0.6 is 7.37 Å². The molecule has 1 unspecified atom stereocenters. The van der Waals surface area contributed by atoms with Crippen LogP contribution in [0.1, 0.15) is 0 Å². The summed E-state index contributed by atoms with van der Waals surface area (Å²) < 4.78 is 16.1. The van der Waals surface area contributed by atoms with Crippen molar-refractivity contribution in [2.75, 3.05) is 6.35 Å². The Labute approximate surface area is 110 Å². The van der Waals surface area contributed by atoms with E-state index in [2.05, 4.69) is 5.73 Å². The second kappa shape index (κ2) is 5.45. The topological polar surface area (TPSA) is 97.2 Å². The number of phenolic OH excluding ortho intramolecular Hbond substituents is 1. The van der Waals surface area contributed by atoms with Crippen molar-refractivity contribution in [1.29, 1.82) is 0 Å². The minimum absolute atomic E-state index is 0.188. The standard InChI is InChI=1S/C7H7O3P.C6H7NO/c8-11(9)5-10-6-3-1-2-4-7(6)11;7-5-3-1-2-4-6(5)8/h1-4H,5H2,(H,8,9);1-4,8H,7H2. The molecule has 0 fully saturated rings. The SMILES string of the molecule is O=P1([O-])COc2ccccc21.[NH3+]c1ccccc1O. The quantitative estimate of drug-likeness (QED) is 0.689. The molecule has 0 radical (unpaired) electrons. The molecule has 5 nitrogen and oxygen atoms in total. The predicted molar refractivity (Wildman–Crippen MR) is 69.8 cm³/mol. The van der Waals surface area contributed by atoms with E-state index >= 15 is 0 Å². The first kappa shape index (κ1) is 13.6. The number of phenols is 1. The summed E-state index contributed by atoms with van der Waals surface area (Å²) in [7, 11) is -3.41. The second-order valence-electron chi connectivity index (χ2n) is 4.04. The molecule has 0 bridgehead atoms. The highest BCUT2D eigenvalue weighted by Crippen LogP contribution is 2.43. The van der Waals surface area contributed by atoms with Crippen LogP contribution in [0.25, 0.3) is 0 Å². The Morgan fingerprint density at radius 2 is 1.79 bits per heavy atom. The highest BCUT2D eigenvalue weighted by molar-refractivity contribution is 7.65. The molecule has 19 heavy (non-hydrogen) atoms. The van der Waals surface area contributed by atoms with Crippen molar-refractivity contribution in [3.8, 4) is 11.5 Å². The first-order valence-corrected chi connectivity index (χ1v) is 7.44. The van der Waals surface area contributed by atoms with E-state index in [4.69, 9.17) is 9.84 Å². The highest BCUT2D eigenvalue weighted by atomic mass is 31.2. The molecule has 0 spiro atoms. The van der Waals surface area contributed by atoms with Crippen LogP contribution in [0.5, 0.6) is 11.5 Å². The molecule has 0 saturated carbocycles. The first-order valence-electron chi connectivity index (χ1n) is 5.63. The van der Waals surface area contributed by atoms with Gasteiger partial charge in [0.1, 0.15) is 12.1 Å². The van der Waals surface area contributed by atoms with E-state index in [9.17, 15) is 9.46 Å². The number of fused-ring (bicyclic) bond motifs is 1. The Kier molecular flexibility index (Phi) is 3.90. The summed E-state index contributed by atoms with van der Waals surface area (Å²) in [5.41, 5.74) is 4.24. The maximum absolute atomic E-state index is 11.2. The third-order valence-electron chi connectivity index (χ3n) is 2.61. The molecule has 1 heterocycles. The van der Waals surface area contributed by atoms with Crippen LogP contribution in [-0.2, 0) is 4.57 Å². The van der Waals surface area contributed by atoms with Crippen LogP contribution in [0.2, 0.25) is 0 Å². The second-order valence-corrected chi connectivity index (χ2v) is 6.13. The van der Waals surface area contributed by atoms with Crippen LogP contribution in [0.4, 0.5) is 5.69 Å². The lowest BCUT2D eigenvalue weighted by Crippen LogP contribution is -2.39. The molecule has 0 amide bonds. The first-order chi connectivity index (χ1) is 9.00. The molecule has 1 aliphatic heterocycles. The van der Waals surface area contributed by atoms with Gasteiger partial charge in [-0.1, -0.05) is 24.3 Å². The van der Waals surface area contributed by atoms with Crippen LogP contribution < -0.4 is 20.7 Å². The average molecular weight is 279 g/mol. The zero-order chi connectivity index (χ0) is 13.9. The van der Waals surface area contributed by atoms with Gasteiger partial charge in [0.2, 0.25) is 0 Å². The lowest BCUT2D eigenvalue weighted by atomic mass is 10.3. The fourth-order valence-corrected chi connectivity index (χ4v) is 2.83. The van der Waals surface area contributed by atoms with Gasteiger partial charge in [0.05, 0.1) is 7.37 Å². The number of hydrogen-bond acceptors (Lipinski definition) is 4. The van der Waals surface area contributed by atoms with E-state index in [1.165, 1.54) is 0 Å². The highest BCUT2D eigenvalue weighted by Gasteiger charge is 2.23. The summed E-state index contributed by atoms with van der Waals surface area (Å²) in [5, 5.41) is 9.19. The Balaban J connectivity index is 0.000000148. The van der Waals surface area contributed by atoms with E-state index in [0.29, 0.717) is 16.7 Å². The Morgan fingerprint density at radius 1 is 1.16 bits per heavy atom. The third-order valence-corrected chi connectivity index (χ3v) is 4.19. The van der Waals surface area contributed by atoms with Crippen LogP contribution in [-0.4, -0.2) is 11.5 Å². The van der Waals surface area contributed by atoms with Crippen molar-refractivity contribution in [3.63, 3.8) is 0 Å². The largest absolute Gasteiger partial charge is 0.794 e. The number of para-hydroxylation sites is 2. The lowest BCUT2D eigenvalue weighted by Gasteiger charge is -2.13. The maximum Gasteiger partial charge on any atom is 0.176 e. The van der Waals surface area contributed by atoms with Crippen LogP contribution in [0, 0.1) is 0 Å². The molecule has 2 aromatic rings. The summed E-state index contributed by atoms with van der Waals surface area (Å²) in [6.07, 6.45) is -0.188. The molecule has 0 aliphatic carbocycles. The van der Waals surface area contributed by atoms with Gasteiger partial charge in [-0.15, -0.1) is 0 Å². The Hall–Kier alpha value is -1.81. The van der Waals surface area contributed by atoms with Gasteiger partial charge >= 0.3 is 0 Å². The molecular formula is C13H14NO4P. The molecule has 6 heteroatoms. The van der Waals surface area contributed by atoms with E-state index < -0.39 is 7.37 Å². The van der Waals surface area contributed by atoms with Gasteiger partial charge in [0.15, 0.2) is 11.4 Å². The summed E-state index contributed by atoms with van der Waals surface area (Å²) in [4.78, 5) is 11.2. The summed E-state index contributed by atoms with van der Waals surface area (Å²) in [5.74, 6) is 0.735. The number of rotatable bonds is 0. The van der Waals surface area contributed by atoms with Gasteiger partial charge in [0.25, 0.3) is 0 Å². The molecule has 1 atom stereocenters. The summed E-state index contributed by atoms with van der Waals surface area (Å²) >= 11 is 0. The minimum atomic E-state index is -3.41. The predicted octanol–water partition coefficient (Wildman–Crippen LogP) is 0.566. The van der Waals surface area contributed by atoms with E-state index in [0.717, 1.165) is 0 Å². The van der Waals surface area contributed by atoms with E-state index in [1.54, 1.807) is 42.5 Å². The van der Waals surface area contributed by atoms with Gasteiger partial charge in [-0.2, -0.15) is 0 Å². The van der Waals surface area contributed by atoms with Crippen molar-refractivity contribution < 1.29 is 25.0 Å². The van der Waals surface area contributed by atoms with Crippen molar-refractivity contribution in [2.24, 2.45) is 0 Å². The number of benzene rings is 2. The smallest absolute Gasteiger partial charge is 0.176 e. The zero-order valence-corrected chi connectivity index (χ0v) is 11.0. The molecule has 0 saturated heterocycles.